The number of para-hydroxylation sites is 1. The van der Waals surface area contributed by atoms with E-state index in [1.54, 1.807) is 0 Å². The first kappa shape index (κ1) is 21.6. The number of nitrogens with zero attached hydrogens (tertiary/aromatic N) is 2. The molecule has 0 radical (unpaired) electrons. The summed E-state index contributed by atoms with van der Waals surface area (Å²) in [6.07, 6.45) is 2.62. The Morgan fingerprint density at radius 3 is 2.18 bits per heavy atom. The van der Waals surface area contributed by atoms with E-state index in [0.717, 1.165) is 27.3 Å². The van der Waals surface area contributed by atoms with Crippen LogP contribution in [0.2, 0.25) is 0 Å². The van der Waals surface area contributed by atoms with Gasteiger partial charge in [-0.15, -0.1) is 0 Å². The molecule has 2 aromatic carbocycles. The molecule has 0 unspecified atom stereocenters. The van der Waals surface area contributed by atoms with Crippen LogP contribution in [-0.2, 0) is 14.8 Å². The molecule has 0 aromatic heterocycles. The first-order valence-electron chi connectivity index (χ1n) is 9.05. The van der Waals surface area contributed by atoms with Crippen molar-refractivity contribution in [1.82, 2.24) is 5.43 Å². The van der Waals surface area contributed by atoms with E-state index in [0.29, 0.717) is 11.6 Å². The van der Waals surface area contributed by atoms with Crippen molar-refractivity contribution in [2.45, 2.75) is 33.6 Å². The number of amides is 1. The maximum atomic E-state index is 12.3. The second kappa shape index (κ2) is 9.01. The Morgan fingerprint density at radius 1 is 1.11 bits per heavy atom. The molecule has 0 fully saturated rings. The van der Waals surface area contributed by atoms with Crippen LogP contribution in [0, 0.1) is 13.8 Å². The molecule has 28 heavy (non-hydrogen) atoms. The fraction of sp³-hybridized carbons (Fsp3) is 0.333. The van der Waals surface area contributed by atoms with Crippen molar-refractivity contribution in [3.8, 4) is 0 Å². The standard InChI is InChI=1S/C21H27N3O3S/c1-15(2)19-11-9-18(10-12-19)13-22-23-20(25)14-24(28(5,26)27)21-16(3)7-6-8-17(21)4/h6-13,15H,14H2,1-5H3,(H,23,25)/b22-13-. The fourth-order valence-electron chi connectivity index (χ4n) is 2.87. The molecule has 1 N–H and O–H groups in total. The highest BCUT2D eigenvalue weighted by atomic mass is 32.2. The van der Waals surface area contributed by atoms with E-state index in [1.807, 2.05) is 56.3 Å². The quantitative estimate of drug-likeness (QED) is 0.571. The molecule has 0 saturated carbocycles. The maximum Gasteiger partial charge on any atom is 0.260 e. The van der Waals surface area contributed by atoms with Gasteiger partial charge in [0.1, 0.15) is 6.54 Å². The lowest BCUT2D eigenvalue weighted by Gasteiger charge is -2.25. The lowest BCUT2D eigenvalue weighted by molar-refractivity contribution is -0.119. The number of rotatable bonds is 7. The molecule has 2 aromatic rings. The SMILES string of the molecule is Cc1cccc(C)c1N(CC(=O)N/N=C\c1ccc(C(C)C)cc1)S(C)(=O)=O. The highest BCUT2D eigenvalue weighted by Gasteiger charge is 2.23. The monoisotopic (exact) mass is 401 g/mol. The summed E-state index contributed by atoms with van der Waals surface area (Å²) in [6, 6.07) is 13.4. The van der Waals surface area contributed by atoms with E-state index in [-0.39, 0.29) is 6.54 Å². The zero-order valence-corrected chi connectivity index (χ0v) is 17.7. The second-order valence-electron chi connectivity index (χ2n) is 7.12. The van der Waals surface area contributed by atoms with Gasteiger partial charge in [0.05, 0.1) is 18.2 Å². The summed E-state index contributed by atoms with van der Waals surface area (Å²) in [4.78, 5) is 12.3. The summed E-state index contributed by atoms with van der Waals surface area (Å²) in [5, 5.41) is 3.94. The zero-order valence-electron chi connectivity index (χ0n) is 16.9. The molecule has 7 heteroatoms. The lowest BCUT2D eigenvalue weighted by atomic mass is 10.0. The minimum absolute atomic E-state index is 0.339. The number of benzene rings is 2. The number of carbonyl (C=O) groups is 1. The van der Waals surface area contributed by atoms with Crippen molar-refractivity contribution in [3.63, 3.8) is 0 Å². The van der Waals surface area contributed by atoms with Crippen LogP contribution in [0.3, 0.4) is 0 Å². The van der Waals surface area contributed by atoms with E-state index >= 15 is 0 Å². The van der Waals surface area contributed by atoms with E-state index in [4.69, 9.17) is 0 Å². The summed E-state index contributed by atoms with van der Waals surface area (Å²) in [5.74, 6) is -0.0688. The largest absolute Gasteiger partial charge is 0.271 e. The molecule has 0 heterocycles. The predicted molar refractivity (Wildman–Crippen MR) is 114 cm³/mol. The first-order valence-corrected chi connectivity index (χ1v) is 10.9. The van der Waals surface area contributed by atoms with Gasteiger partial charge in [0.25, 0.3) is 5.91 Å². The third kappa shape index (κ3) is 5.66. The highest BCUT2D eigenvalue weighted by Crippen LogP contribution is 2.26. The maximum absolute atomic E-state index is 12.3. The lowest BCUT2D eigenvalue weighted by Crippen LogP contribution is -2.39. The van der Waals surface area contributed by atoms with Gasteiger partial charge in [-0.25, -0.2) is 13.8 Å². The van der Waals surface area contributed by atoms with Gasteiger partial charge in [0.15, 0.2) is 0 Å². The Bertz CT molecular complexity index is 945. The Balaban J connectivity index is 2.10. The molecule has 0 atom stereocenters. The van der Waals surface area contributed by atoms with Crippen molar-refractivity contribution in [2.24, 2.45) is 5.10 Å². The van der Waals surface area contributed by atoms with Crippen LogP contribution in [0.4, 0.5) is 5.69 Å². The third-order valence-electron chi connectivity index (χ3n) is 4.38. The number of hydrogen-bond acceptors (Lipinski definition) is 4. The van der Waals surface area contributed by atoms with Gasteiger partial charge in [-0.3, -0.25) is 9.10 Å². The Morgan fingerprint density at radius 2 is 1.68 bits per heavy atom. The molecule has 0 aliphatic heterocycles. The van der Waals surface area contributed by atoms with Crippen LogP contribution >= 0.6 is 0 Å². The van der Waals surface area contributed by atoms with Crippen LogP contribution in [0.5, 0.6) is 0 Å². The van der Waals surface area contributed by atoms with E-state index < -0.39 is 15.9 Å². The van der Waals surface area contributed by atoms with Crippen LogP contribution < -0.4 is 9.73 Å². The van der Waals surface area contributed by atoms with Crippen LogP contribution in [0.1, 0.15) is 42.0 Å². The van der Waals surface area contributed by atoms with E-state index in [2.05, 4.69) is 24.4 Å². The van der Waals surface area contributed by atoms with Crippen LogP contribution in [0.15, 0.2) is 47.6 Å². The Labute approximate surface area is 167 Å². The zero-order chi connectivity index (χ0) is 20.9. The summed E-state index contributed by atoms with van der Waals surface area (Å²) in [6.45, 7) is 7.53. The molecule has 1 amide bonds. The summed E-state index contributed by atoms with van der Waals surface area (Å²) >= 11 is 0. The normalized spacial score (nSPS) is 11.8. The summed E-state index contributed by atoms with van der Waals surface area (Å²) in [5.41, 5.74) is 6.56. The highest BCUT2D eigenvalue weighted by molar-refractivity contribution is 7.92. The Kier molecular flexibility index (Phi) is 6.96. The number of nitrogens with one attached hydrogen (secondary N) is 1. The molecule has 0 aliphatic rings. The first-order chi connectivity index (χ1) is 13.1. The molecule has 0 aliphatic carbocycles. The molecule has 2 rings (SSSR count). The molecule has 0 bridgehead atoms. The minimum Gasteiger partial charge on any atom is -0.271 e. The predicted octanol–water partition coefficient (Wildman–Crippen LogP) is 3.34. The molecule has 150 valence electrons. The molecule has 0 spiro atoms. The average molecular weight is 402 g/mol. The summed E-state index contributed by atoms with van der Waals surface area (Å²) < 4.78 is 25.6. The van der Waals surface area contributed by atoms with Gasteiger partial charge in [-0.05, 0) is 42.0 Å². The molecular formula is C21H27N3O3S. The van der Waals surface area contributed by atoms with Gasteiger partial charge in [0.2, 0.25) is 10.0 Å². The number of aryl methyl sites for hydroxylation is 2. The number of carbonyl (C=O) groups excluding carboxylic acids is 1. The number of hydrazone groups is 1. The van der Waals surface area contributed by atoms with Crippen LogP contribution in [-0.4, -0.2) is 33.3 Å². The number of sulfonamides is 1. The molecule has 0 saturated heterocycles. The average Bonchev–Trinajstić information content (AvgIpc) is 2.60. The van der Waals surface area contributed by atoms with Crippen molar-refractivity contribution in [3.05, 3.63) is 64.7 Å². The summed E-state index contributed by atoms with van der Waals surface area (Å²) in [7, 11) is -3.63. The topological polar surface area (TPSA) is 78.8 Å². The second-order valence-corrected chi connectivity index (χ2v) is 9.03. The smallest absolute Gasteiger partial charge is 0.260 e. The van der Waals surface area contributed by atoms with E-state index in [1.165, 1.54) is 11.8 Å². The van der Waals surface area contributed by atoms with Crippen molar-refractivity contribution in [1.29, 1.82) is 0 Å². The van der Waals surface area contributed by atoms with Gasteiger partial charge in [-0.1, -0.05) is 56.3 Å². The third-order valence-corrected chi connectivity index (χ3v) is 5.49. The number of anilines is 1. The van der Waals surface area contributed by atoms with Crippen molar-refractivity contribution < 1.29 is 13.2 Å². The van der Waals surface area contributed by atoms with Gasteiger partial charge in [-0.2, -0.15) is 5.10 Å². The molecule has 6 nitrogen and oxygen atoms in total. The van der Waals surface area contributed by atoms with Crippen molar-refractivity contribution in [2.75, 3.05) is 17.1 Å². The Hall–Kier alpha value is -2.67. The van der Waals surface area contributed by atoms with Gasteiger partial charge >= 0.3 is 0 Å². The van der Waals surface area contributed by atoms with E-state index in [9.17, 15) is 13.2 Å². The van der Waals surface area contributed by atoms with Gasteiger partial charge < -0.3 is 0 Å². The van der Waals surface area contributed by atoms with Crippen LogP contribution in [0.25, 0.3) is 0 Å². The number of hydrogen-bond donors (Lipinski definition) is 1. The minimum atomic E-state index is -3.63. The molecular weight excluding hydrogens is 374 g/mol. The fourth-order valence-corrected chi connectivity index (χ4v) is 3.84. The van der Waals surface area contributed by atoms with Crippen molar-refractivity contribution >= 4 is 27.8 Å². The van der Waals surface area contributed by atoms with Gasteiger partial charge in [0, 0.05) is 0 Å².